The van der Waals surface area contributed by atoms with Crippen molar-refractivity contribution >= 4 is 28.6 Å². The molecule has 1 amide bonds. The van der Waals surface area contributed by atoms with E-state index in [-0.39, 0.29) is 12.3 Å². The fourth-order valence-electron chi connectivity index (χ4n) is 4.92. The Morgan fingerprint density at radius 2 is 1.76 bits per heavy atom. The van der Waals surface area contributed by atoms with Crippen LogP contribution in [0, 0.1) is 6.92 Å². The van der Waals surface area contributed by atoms with E-state index in [1.165, 1.54) is 0 Å². The van der Waals surface area contributed by atoms with Crippen molar-refractivity contribution < 1.29 is 9.53 Å². The van der Waals surface area contributed by atoms with Crippen LogP contribution in [0.3, 0.4) is 0 Å². The third kappa shape index (κ3) is 6.81. The minimum Gasteiger partial charge on any atom is -0.497 e. The molecule has 8 nitrogen and oxygen atoms in total. The SMILES string of the molecule is COc1ccc(-n2c(SCCN(C)C)nnc2[C@H](Cc2ccccc2)NC(=O)Cc2c(C)[nH]c3ccccc23)cc1. The first-order valence-electron chi connectivity index (χ1n) is 13.7. The average Bonchev–Trinajstić information content (AvgIpc) is 3.53. The molecular formula is C32H36N6O2S. The number of aromatic nitrogens is 4. The largest absolute Gasteiger partial charge is 0.497 e. The second-order valence-electron chi connectivity index (χ2n) is 10.3. The number of benzene rings is 3. The van der Waals surface area contributed by atoms with Gasteiger partial charge >= 0.3 is 0 Å². The lowest BCUT2D eigenvalue weighted by atomic mass is 10.0. The highest BCUT2D eigenvalue weighted by atomic mass is 32.2. The number of nitrogens with zero attached hydrogens (tertiary/aromatic N) is 4. The zero-order chi connectivity index (χ0) is 28.8. The summed E-state index contributed by atoms with van der Waals surface area (Å²) in [4.78, 5) is 19.2. The summed E-state index contributed by atoms with van der Waals surface area (Å²) in [7, 11) is 5.77. The molecule has 0 saturated heterocycles. The van der Waals surface area contributed by atoms with Gasteiger partial charge in [0.1, 0.15) is 5.75 Å². The van der Waals surface area contributed by atoms with Gasteiger partial charge in [-0.2, -0.15) is 0 Å². The van der Waals surface area contributed by atoms with Gasteiger partial charge in [-0.3, -0.25) is 9.36 Å². The van der Waals surface area contributed by atoms with Gasteiger partial charge < -0.3 is 19.9 Å². The van der Waals surface area contributed by atoms with Crippen molar-refractivity contribution in [1.29, 1.82) is 0 Å². The predicted octanol–water partition coefficient (Wildman–Crippen LogP) is 5.36. The minimum absolute atomic E-state index is 0.0649. The van der Waals surface area contributed by atoms with Crippen LogP contribution in [0.4, 0.5) is 0 Å². The monoisotopic (exact) mass is 568 g/mol. The van der Waals surface area contributed by atoms with Crippen molar-refractivity contribution in [2.45, 2.75) is 31.0 Å². The van der Waals surface area contributed by atoms with Gasteiger partial charge in [0.25, 0.3) is 0 Å². The highest BCUT2D eigenvalue weighted by Gasteiger charge is 2.26. The number of carbonyl (C=O) groups is 1. The van der Waals surface area contributed by atoms with Crippen molar-refractivity contribution in [3.8, 4) is 11.4 Å². The molecular weight excluding hydrogens is 532 g/mol. The Morgan fingerprint density at radius 1 is 1.02 bits per heavy atom. The van der Waals surface area contributed by atoms with Crippen LogP contribution < -0.4 is 10.1 Å². The smallest absolute Gasteiger partial charge is 0.225 e. The first-order valence-corrected chi connectivity index (χ1v) is 14.7. The molecule has 0 aliphatic rings. The molecule has 9 heteroatoms. The molecule has 0 fully saturated rings. The van der Waals surface area contributed by atoms with E-state index >= 15 is 0 Å². The summed E-state index contributed by atoms with van der Waals surface area (Å²) in [5.74, 6) is 2.25. The average molecular weight is 569 g/mol. The molecule has 41 heavy (non-hydrogen) atoms. The van der Waals surface area contributed by atoms with Gasteiger partial charge in [-0.25, -0.2) is 0 Å². The van der Waals surface area contributed by atoms with Crippen molar-refractivity contribution in [2.75, 3.05) is 33.5 Å². The Labute approximate surface area is 245 Å². The third-order valence-corrected chi connectivity index (χ3v) is 7.96. The maximum Gasteiger partial charge on any atom is 0.225 e. The molecule has 2 heterocycles. The molecule has 0 bridgehead atoms. The molecule has 2 N–H and O–H groups in total. The fourth-order valence-corrected chi connectivity index (χ4v) is 5.98. The number of para-hydroxylation sites is 1. The second-order valence-corrected chi connectivity index (χ2v) is 11.3. The zero-order valence-electron chi connectivity index (χ0n) is 23.9. The molecule has 1 atom stereocenters. The summed E-state index contributed by atoms with van der Waals surface area (Å²) in [6, 6.07) is 25.7. The molecule has 0 aliphatic carbocycles. The van der Waals surface area contributed by atoms with E-state index in [4.69, 9.17) is 4.74 Å². The second kappa shape index (κ2) is 13.1. The third-order valence-electron chi connectivity index (χ3n) is 7.05. The van der Waals surface area contributed by atoms with Gasteiger partial charge in [0.05, 0.1) is 19.6 Å². The maximum absolute atomic E-state index is 13.7. The Balaban J connectivity index is 1.50. The first-order chi connectivity index (χ1) is 19.9. The summed E-state index contributed by atoms with van der Waals surface area (Å²) in [5.41, 5.74) is 5.06. The first kappa shape index (κ1) is 28.4. The molecule has 212 valence electrons. The number of rotatable bonds is 12. The number of fused-ring (bicyclic) bond motifs is 1. The normalized spacial score (nSPS) is 12.1. The maximum atomic E-state index is 13.7. The van der Waals surface area contributed by atoms with Crippen LogP contribution in [0.5, 0.6) is 5.75 Å². The number of thioether (sulfide) groups is 1. The molecule has 0 radical (unpaired) electrons. The van der Waals surface area contributed by atoms with E-state index in [2.05, 4.69) is 62.3 Å². The number of H-pyrrole nitrogens is 1. The van der Waals surface area contributed by atoms with E-state index in [1.54, 1.807) is 18.9 Å². The van der Waals surface area contributed by atoms with Crippen molar-refractivity contribution in [1.82, 2.24) is 30.0 Å². The molecule has 0 unspecified atom stereocenters. The van der Waals surface area contributed by atoms with Crippen molar-refractivity contribution in [2.24, 2.45) is 0 Å². The number of amides is 1. The van der Waals surface area contributed by atoms with Crippen LogP contribution in [-0.4, -0.2) is 64.1 Å². The van der Waals surface area contributed by atoms with E-state index in [9.17, 15) is 4.79 Å². The van der Waals surface area contributed by atoms with E-state index in [1.807, 2.05) is 67.6 Å². The summed E-state index contributed by atoms with van der Waals surface area (Å²) < 4.78 is 7.46. The van der Waals surface area contributed by atoms with E-state index in [0.29, 0.717) is 12.2 Å². The number of nitrogens with one attached hydrogen (secondary N) is 2. The summed E-state index contributed by atoms with van der Waals surface area (Å²) in [6.45, 7) is 2.92. The molecule has 5 aromatic rings. The van der Waals surface area contributed by atoms with Gasteiger partial charge in [-0.1, -0.05) is 60.3 Å². The van der Waals surface area contributed by atoms with Crippen LogP contribution in [-0.2, 0) is 17.6 Å². The number of hydrogen-bond acceptors (Lipinski definition) is 6. The Kier molecular flexibility index (Phi) is 9.06. The molecule has 5 rings (SSSR count). The van der Waals surface area contributed by atoms with Crippen LogP contribution in [0.15, 0.2) is 84.0 Å². The quantitative estimate of drug-likeness (QED) is 0.197. The highest BCUT2D eigenvalue weighted by Crippen LogP contribution is 2.29. The van der Waals surface area contributed by atoms with Gasteiger partial charge in [-0.15, -0.1) is 10.2 Å². The molecule has 2 aromatic heterocycles. The molecule has 0 aliphatic heterocycles. The predicted molar refractivity (Wildman–Crippen MR) is 165 cm³/mol. The number of methoxy groups -OCH3 is 1. The Bertz CT molecular complexity index is 1590. The molecule has 0 spiro atoms. The Morgan fingerprint density at radius 3 is 2.49 bits per heavy atom. The number of hydrogen-bond donors (Lipinski definition) is 2. The highest BCUT2D eigenvalue weighted by molar-refractivity contribution is 7.99. The molecule has 3 aromatic carbocycles. The standard InChI is InChI=1S/C32H36N6O2S/c1-22-27(26-12-8-9-13-28(26)33-22)21-30(39)34-29(20-23-10-6-5-7-11-23)31-35-36-32(41-19-18-37(2)3)38(31)24-14-16-25(40-4)17-15-24/h5-17,29,33H,18-21H2,1-4H3,(H,34,39)/t29-/m0/s1. The lowest BCUT2D eigenvalue weighted by molar-refractivity contribution is -0.121. The lowest BCUT2D eigenvalue weighted by Gasteiger charge is -2.21. The number of aromatic amines is 1. The van der Waals surface area contributed by atoms with Gasteiger partial charge in [0, 0.05) is 34.6 Å². The topological polar surface area (TPSA) is 88.1 Å². The number of carbonyl (C=O) groups excluding carboxylic acids is 1. The summed E-state index contributed by atoms with van der Waals surface area (Å²) in [5, 5.41) is 14.4. The van der Waals surface area contributed by atoms with Crippen LogP contribution in [0.25, 0.3) is 16.6 Å². The minimum atomic E-state index is -0.395. The van der Waals surface area contributed by atoms with Crippen LogP contribution in [0.2, 0.25) is 0 Å². The van der Waals surface area contributed by atoms with Gasteiger partial charge in [0.15, 0.2) is 11.0 Å². The summed E-state index contributed by atoms with van der Waals surface area (Å²) in [6.07, 6.45) is 0.846. The number of ether oxygens (including phenoxy) is 1. The summed E-state index contributed by atoms with van der Waals surface area (Å²) >= 11 is 1.65. The van der Waals surface area contributed by atoms with Crippen LogP contribution in [0.1, 0.15) is 28.7 Å². The van der Waals surface area contributed by atoms with Crippen molar-refractivity contribution in [3.63, 3.8) is 0 Å². The lowest BCUT2D eigenvalue weighted by Crippen LogP contribution is -2.33. The van der Waals surface area contributed by atoms with E-state index in [0.717, 1.165) is 56.6 Å². The van der Waals surface area contributed by atoms with Crippen molar-refractivity contribution in [3.05, 3.63) is 102 Å². The Hall–Kier alpha value is -4.08. The fraction of sp³-hybridized carbons (Fsp3) is 0.281. The number of aryl methyl sites for hydroxylation is 1. The zero-order valence-corrected chi connectivity index (χ0v) is 24.7. The molecule has 0 saturated carbocycles. The van der Waals surface area contributed by atoms with E-state index < -0.39 is 6.04 Å². The van der Waals surface area contributed by atoms with Gasteiger partial charge in [0.2, 0.25) is 5.91 Å². The van der Waals surface area contributed by atoms with Gasteiger partial charge in [-0.05, 0) is 68.9 Å². The van der Waals surface area contributed by atoms with Crippen LogP contribution >= 0.6 is 11.8 Å².